The van der Waals surface area contributed by atoms with Crippen LogP contribution in [0.4, 0.5) is 5.69 Å². The summed E-state index contributed by atoms with van der Waals surface area (Å²) in [6, 6.07) is 3.15. The molecule has 0 amide bonds. The van der Waals surface area contributed by atoms with Crippen molar-refractivity contribution in [3.05, 3.63) is 34.1 Å². The summed E-state index contributed by atoms with van der Waals surface area (Å²) >= 11 is 0. The van der Waals surface area contributed by atoms with E-state index in [-0.39, 0.29) is 11.7 Å². The fourth-order valence-electron chi connectivity index (χ4n) is 1.12. The lowest BCUT2D eigenvalue weighted by Crippen LogP contribution is -2.29. The predicted molar refractivity (Wildman–Crippen MR) is 57.4 cm³/mol. The highest BCUT2D eigenvalue weighted by molar-refractivity contribution is 5.26. The monoisotopic (exact) mass is 209 g/mol. The van der Waals surface area contributed by atoms with Crippen molar-refractivity contribution in [2.24, 2.45) is 11.7 Å². The molecular weight excluding hydrogens is 194 g/mol. The fourth-order valence-corrected chi connectivity index (χ4v) is 1.12. The molecule has 0 aliphatic rings. The van der Waals surface area contributed by atoms with Crippen LogP contribution in [0.3, 0.4) is 0 Å². The van der Waals surface area contributed by atoms with Crippen LogP contribution in [-0.4, -0.2) is 15.9 Å². The van der Waals surface area contributed by atoms with Gasteiger partial charge in [0, 0.05) is 24.2 Å². The van der Waals surface area contributed by atoms with Crippen molar-refractivity contribution in [2.45, 2.75) is 26.3 Å². The van der Waals surface area contributed by atoms with Gasteiger partial charge in [-0.1, -0.05) is 13.8 Å². The largest absolute Gasteiger partial charge is 0.327 e. The van der Waals surface area contributed by atoms with E-state index in [0.717, 1.165) is 5.69 Å². The summed E-state index contributed by atoms with van der Waals surface area (Å²) in [5, 5.41) is 10.4. The van der Waals surface area contributed by atoms with Crippen LogP contribution in [0.15, 0.2) is 18.3 Å². The molecule has 1 aromatic rings. The van der Waals surface area contributed by atoms with E-state index < -0.39 is 4.92 Å². The van der Waals surface area contributed by atoms with E-state index in [0.29, 0.717) is 12.3 Å². The number of nitrogens with zero attached hydrogens (tertiary/aromatic N) is 2. The molecule has 1 unspecified atom stereocenters. The molecule has 0 fully saturated rings. The molecule has 1 heterocycles. The Balaban J connectivity index is 2.68. The summed E-state index contributed by atoms with van der Waals surface area (Å²) in [6.45, 7) is 4.08. The second-order valence-corrected chi connectivity index (χ2v) is 3.88. The van der Waals surface area contributed by atoms with Crippen LogP contribution >= 0.6 is 0 Å². The number of rotatable bonds is 4. The fraction of sp³-hybridized carbons (Fsp3) is 0.500. The molecule has 0 aliphatic carbocycles. The molecule has 0 bridgehead atoms. The average molecular weight is 209 g/mol. The first kappa shape index (κ1) is 11.6. The molecule has 15 heavy (non-hydrogen) atoms. The third-order valence-corrected chi connectivity index (χ3v) is 2.32. The van der Waals surface area contributed by atoms with Gasteiger partial charge in [-0.15, -0.1) is 0 Å². The van der Waals surface area contributed by atoms with Gasteiger partial charge in [-0.05, 0) is 12.0 Å². The number of nitrogens with two attached hydrogens (primary N) is 1. The Morgan fingerprint density at radius 3 is 2.60 bits per heavy atom. The molecule has 2 N–H and O–H groups in total. The zero-order chi connectivity index (χ0) is 11.4. The maximum Gasteiger partial charge on any atom is 0.287 e. The Morgan fingerprint density at radius 1 is 1.53 bits per heavy atom. The van der Waals surface area contributed by atoms with Crippen LogP contribution in [0.1, 0.15) is 19.5 Å². The first-order valence-corrected chi connectivity index (χ1v) is 4.85. The number of pyridine rings is 1. The highest BCUT2D eigenvalue weighted by atomic mass is 16.6. The summed E-state index contributed by atoms with van der Waals surface area (Å²) in [4.78, 5) is 13.9. The molecule has 0 saturated carbocycles. The summed E-state index contributed by atoms with van der Waals surface area (Å²) in [7, 11) is 0. The SMILES string of the molecule is CC(C)C(N)Cc1ccc([N+](=O)[O-])cn1. The summed E-state index contributed by atoms with van der Waals surface area (Å²) in [5.74, 6) is 0.377. The minimum absolute atomic E-state index is 0.0110. The highest BCUT2D eigenvalue weighted by Crippen LogP contribution is 2.11. The van der Waals surface area contributed by atoms with E-state index >= 15 is 0 Å². The maximum absolute atomic E-state index is 10.4. The number of hydrogen-bond donors (Lipinski definition) is 1. The lowest BCUT2D eigenvalue weighted by atomic mass is 10.0. The van der Waals surface area contributed by atoms with Crippen LogP contribution in [-0.2, 0) is 6.42 Å². The van der Waals surface area contributed by atoms with Crippen LogP contribution in [0.5, 0.6) is 0 Å². The zero-order valence-corrected chi connectivity index (χ0v) is 8.88. The quantitative estimate of drug-likeness (QED) is 0.602. The van der Waals surface area contributed by atoms with Gasteiger partial charge in [-0.3, -0.25) is 15.1 Å². The Bertz CT molecular complexity index is 335. The van der Waals surface area contributed by atoms with Crippen LogP contribution in [0.2, 0.25) is 0 Å². The topological polar surface area (TPSA) is 82.0 Å². The van der Waals surface area contributed by atoms with Gasteiger partial charge in [0.1, 0.15) is 6.20 Å². The molecule has 0 aliphatic heterocycles. The van der Waals surface area contributed by atoms with Gasteiger partial charge >= 0.3 is 0 Å². The van der Waals surface area contributed by atoms with Gasteiger partial charge in [-0.25, -0.2) is 0 Å². The predicted octanol–water partition coefficient (Wildman–Crippen LogP) is 1.52. The van der Waals surface area contributed by atoms with Crippen molar-refractivity contribution >= 4 is 5.69 Å². The minimum atomic E-state index is -0.459. The van der Waals surface area contributed by atoms with Gasteiger partial charge < -0.3 is 5.73 Å². The smallest absolute Gasteiger partial charge is 0.287 e. The highest BCUT2D eigenvalue weighted by Gasteiger charge is 2.11. The van der Waals surface area contributed by atoms with E-state index in [1.54, 1.807) is 6.07 Å². The van der Waals surface area contributed by atoms with Crippen molar-refractivity contribution in [1.29, 1.82) is 0 Å². The van der Waals surface area contributed by atoms with Crippen LogP contribution in [0.25, 0.3) is 0 Å². The van der Waals surface area contributed by atoms with E-state index in [1.807, 2.05) is 13.8 Å². The van der Waals surface area contributed by atoms with Gasteiger partial charge in [0.15, 0.2) is 0 Å². The average Bonchev–Trinajstić information content (AvgIpc) is 2.18. The molecule has 5 heteroatoms. The van der Waals surface area contributed by atoms with Gasteiger partial charge in [0.05, 0.1) is 4.92 Å². The van der Waals surface area contributed by atoms with Crippen LogP contribution < -0.4 is 5.73 Å². The third kappa shape index (κ3) is 3.28. The second kappa shape index (κ2) is 4.84. The molecule has 5 nitrogen and oxygen atoms in total. The van der Waals surface area contributed by atoms with Crippen LogP contribution in [0, 0.1) is 16.0 Å². The molecule has 82 valence electrons. The summed E-state index contributed by atoms with van der Waals surface area (Å²) in [6.07, 6.45) is 1.91. The number of nitro groups is 1. The Kier molecular flexibility index (Phi) is 3.74. The lowest BCUT2D eigenvalue weighted by Gasteiger charge is -2.14. The molecule has 1 aromatic heterocycles. The third-order valence-electron chi connectivity index (χ3n) is 2.32. The van der Waals surface area contributed by atoms with E-state index in [1.165, 1.54) is 12.3 Å². The second-order valence-electron chi connectivity index (χ2n) is 3.88. The summed E-state index contributed by atoms with van der Waals surface area (Å²) < 4.78 is 0. The van der Waals surface area contributed by atoms with Crippen molar-refractivity contribution in [3.8, 4) is 0 Å². The van der Waals surface area contributed by atoms with Crippen molar-refractivity contribution in [3.63, 3.8) is 0 Å². The van der Waals surface area contributed by atoms with E-state index in [2.05, 4.69) is 4.98 Å². The number of aromatic nitrogens is 1. The van der Waals surface area contributed by atoms with Gasteiger partial charge in [0.2, 0.25) is 0 Å². The zero-order valence-electron chi connectivity index (χ0n) is 8.88. The summed E-state index contributed by atoms with van der Waals surface area (Å²) in [5.41, 5.74) is 6.68. The van der Waals surface area contributed by atoms with Crippen molar-refractivity contribution in [2.75, 3.05) is 0 Å². The molecule has 0 aromatic carbocycles. The molecule has 1 atom stereocenters. The Hall–Kier alpha value is -1.49. The van der Waals surface area contributed by atoms with Crippen molar-refractivity contribution < 1.29 is 4.92 Å². The van der Waals surface area contributed by atoms with E-state index in [9.17, 15) is 10.1 Å². The number of hydrogen-bond acceptors (Lipinski definition) is 4. The molecule has 0 radical (unpaired) electrons. The minimum Gasteiger partial charge on any atom is -0.327 e. The van der Waals surface area contributed by atoms with Gasteiger partial charge in [0.25, 0.3) is 5.69 Å². The van der Waals surface area contributed by atoms with Gasteiger partial charge in [-0.2, -0.15) is 0 Å². The molecule has 1 rings (SSSR count). The first-order valence-electron chi connectivity index (χ1n) is 4.85. The first-order chi connectivity index (χ1) is 7.00. The molecule has 0 saturated heterocycles. The Labute approximate surface area is 88.5 Å². The lowest BCUT2D eigenvalue weighted by molar-refractivity contribution is -0.385. The standard InChI is InChI=1S/C10H15N3O2/c1-7(2)10(11)5-8-3-4-9(6-12-8)13(14)15/h3-4,6-7,10H,5,11H2,1-2H3. The van der Waals surface area contributed by atoms with E-state index in [4.69, 9.17) is 5.73 Å². The Morgan fingerprint density at radius 2 is 2.20 bits per heavy atom. The molecular formula is C10H15N3O2. The maximum atomic E-state index is 10.4. The van der Waals surface area contributed by atoms with Crippen molar-refractivity contribution in [1.82, 2.24) is 4.98 Å². The molecule has 0 spiro atoms. The normalized spacial score (nSPS) is 12.8.